The second-order valence-corrected chi connectivity index (χ2v) is 10.3. The number of benzene rings is 2. The summed E-state index contributed by atoms with van der Waals surface area (Å²) in [4.78, 5) is 36.9. The van der Waals surface area contributed by atoms with Crippen LogP contribution in [0.3, 0.4) is 0 Å². The number of aliphatic hydroxyl groups is 1. The molecular weight excluding hydrogens is 502 g/mol. The Morgan fingerprint density at radius 1 is 1.08 bits per heavy atom. The van der Waals surface area contributed by atoms with Crippen LogP contribution in [0.15, 0.2) is 72.6 Å². The number of pyridine rings is 1. The highest BCUT2D eigenvalue weighted by Crippen LogP contribution is 2.45. The van der Waals surface area contributed by atoms with Crippen LogP contribution < -0.4 is 14.4 Å². The molecule has 38 heavy (non-hydrogen) atoms. The Labute approximate surface area is 224 Å². The molecule has 1 aliphatic rings. The quantitative estimate of drug-likeness (QED) is 0.176. The lowest BCUT2D eigenvalue weighted by Gasteiger charge is -2.23. The molecule has 0 radical (unpaired) electrons. The van der Waals surface area contributed by atoms with Gasteiger partial charge in [-0.1, -0.05) is 37.3 Å². The molecule has 1 fully saturated rings. The summed E-state index contributed by atoms with van der Waals surface area (Å²) in [7, 11) is 1.58. The van der Waals surface area contributed by atoms with Gasteiger partial charge in [0.15, 0.2) is 5.13 Å². The van der Waals surface area contributed by atoms with Gasteiger partial charge in [0.2, 0.25) is 0 Å². The second kappa shape index (κ2) is 10.6. The third-order valence-corrected chi connectivity index (χ3v) is 7.34. The summed E-state index contributed by atoms with van der Waals surface area (Å²) in [5.41, 5.74) is 1.67. The Morgan fingerprint density at radius 3 is 2.61 bits per heavy atom. The summed E-state index contributed by atoms with van der Waals surface area (Å²) in [6.45, 7) is 4.79. The molecule has 1 amide bonds. The van der Waals surface area contributed by atoms with Gasteiger partial charge >= 0.3 is 5.91 Å². The van der Waals surface area contributed by atoms with Gasteiger partial charge in [0.05, 0.1) is 35.5 Å². The summed E-state index contributed by atoms with van der Waals surface area (Å²) in [5.74, 6) is -0.0487. The number of carbonyl (C=O) groups is 2. The summed E-state index contributed by atoms with van der Waals surface area (Å²) in [6.07, 6.45) is 3.93. The second-order valence-electron chi connectivity index (χ2n) is 9.34. The van der Waals surface area contributed by atoms with Crippen molar-refractivity contribution >= 4 is 44.1 Å². The molecule has 4 aromatic rings. The van der Waals surface area contributed by atoms with E-state index < -0.39 is 17.7 Å². The first-order valence-electron chi connectivity index (χ1n) is 12.3. The molecule has 1 unspecified atom stereocenters. The van der Waals surface area contributed by atoms with Crippen LogP contribution in [0.4, 0.5) is 5.13 Å². The van der Waals surface area contributed by atoms with E-state index in [0.717, 1.165) is 11.1 Å². The number of ether oxygens (including phenoxy) is 2. The Kier molecular flexibility index (Phi) is 7.11. The van der Waals surface area contributed by atoms with E-state index in [0.29, 0.717) is 45.8 Å². The number of methoxy groups -OCH3 is 1. The number of Topliss-reactive ketones (excluding diaryl/α,β-unsaturated/α-hetero) is 1. The van der Waals surface area contributed by atoms with Gasteiger partial charge in [0.1, 0.15) is 17.3 Å². The van der Waals surface area contributed by atoms with Crippen molar-refractivity contribution in [3.63, 3.8) is 0 Å². The minimum atomic E-state index is -0.903. The summed E-state index contributed by atoms with van der Waals surface area (Å²) < 4.78 is 12.1. The molecule has 1 saturated heterocycles. The molecule has 1 atom stereocenters. The smallest absolute Gasteiger partial charge is 0.301 e. The van der Waals surface area contributed by atoms with E-state index in [1.165, 1.54) is 28.6 Å². The van der Waals surface area contributed by atoms with Crippen molar-refractivity contribution in [1.29, 1.82) is 0 Å². The SMILES string of the molecule is COc1ccc2nc(N3C(=O)C(=O)C(=C(O)c4ccncc4)C3c3cccc(OCCC(C)C)c3)sc2c1. The lowest BCUT2D eigenvalue weighted by Crippen LogP contribution is -2.29. The zero-order valence-electron chi connectivity index (χ0n) is 21.2. The minimum absolute atomic E-state index is 0.0163. The molecule has 9 heteroatoms. The van der Waals surface area contributed by atoms with Crippen LogP contribution in [0.5, 0.6) is 11.5 Å². The number of rotatable bonds is 8. The molecule has 0 aliphatic carbocycles. The fourth-order valence-electron chi connectivity index (χ4n) is 4.32. The first-order chi connectivity index (χ1) is 18.4. The van der Waals surface area contributed by atoms with Crippen LogP contribution in [0.2, 0.25) is 0 Å². The Morgan fingerprint density at radius 2 is 1.87 bits per heavy atom. The molecule has 8 nitrogen and oxygen atoms in total. The van der Waals surface area contributed by atoms with E-state index >= 15 is 0 Å². The largest absolute Gasteiger partial charge is 0.507 e. The number of hydrogen-bond acceptors (Lipinski definition) is 8. The number of carbonyl (C=O) groups excluding carboxylic acids is 2. The monoisotopic (exact) mass is 529 g/mol. The maximum atomic E-state index is 13.5. The average Bonchev–Trinajstić information content (AvgIpc) is 3.46. The lowest BCUT2D eigenvalue weighted by molar-refractivity contribution is -0.132. The fourth-order valence-corrected chi connectivity index (χ4v) is 5.34. The average molecular weight is 530 g/mol. The number of anilines is 1. The van der Waals surface area contributed by atoms with Gasteiger partial charge < -0.3 is 14.6 Å². The van der Waals surface area contributed by atoms with Crippen LogP contribution in [-0.2, 0) is 9.59 Å². The van der Waals surface area contributed by atoms with Gasteiger partial charge in [0, 0.05) is 18.0 Å². The summed E-state index contributed by atoms with van der Waals surface area (Å²) in [6, 6.07) is 15.0. The van der Waals surface area contributed by atoms with E-state index in [-0.39, 0.29) is 11.3 Å². The number of amides is 1. The zero-order chi connectivity index (χ0) is 26.8. The molecule has 3 heterocycles. The molecule has 0 bridgehead atoms. The van der Waals surface area contributed by atoms with Gasteiger partial charge in [-0.25, -0.2) is 4.98 Å². The Bertz CT molecular complexity index is 1530. The van der Waals surface area contributed by atoms with Crippen LogP contribution in [0.25, 0.3) is 16.0 Å². The van der Waals surface area contributed by atoms with Crippen molar-refractivity contribution in [3.05, 3.63) is 83.7 Å². The van der Waals surface area contributed by atoms with E-state index in [1.54, 1.807) is 37.4 Å². The van der Waals surface area contributed by atoms with E-state index in [2.05, 4.69) is 23.8 Å². The predicted octanol–water partition coefficient (Wildman–Crippen LogP) is 5.75. The molecule has 2 aromatic carbocycles. The van der Waals surface area contributed by atoms with Crippen LogP contribution >= 0.6 is 11.3 Å². The molecule has 1 N–H and O–H groups in total. The number of ketones is 1. The van der Waals surface area contributed by atoms with Crippen LogP contribution in [0.1, 0.15) is 37.4 Å². The number of aliphatic hydroxyl groups excluding tert-OH is 1. The van der Waals surface area contributed by atoms with Crippen molar-refractivity contribution in [2.75, 3.05) is 18.6 Å². The highest BCUT2D eigenvalue weighted by Gasteiger charge is 2.48. The van der Waals surface area contributed by atoms with E-state index in [1.807, 2.05) is 24.3 Å². The Hall–Kier alpha value is -4.24. The molecular formula is C29H27N3O5S. The lowest BCUT2D eigenvalue weighted by atomic mass is 9.95. The van der Waals surface area contributed by atoms with Crippen molar-refractivity contribution in [1.82, 2.24) is 9.97 Å². The summed E-state index contributed by atoms with van der Waals surface area (Å²) >= 11 is 1.28. The van der Waals surface area contributed by atoms with Crippen molar-refractivity contribution < 1.29 is 24.2 Å². The van der Waals surface area contributed by atoms with Crippen molar-refractivity contribution in [3.8, 4) is 11.5 Å². The maximum absolute atomic E-state index is 13.5. The van der Waals surface area contributed by atoms with Crippen LogP contribution in [-0.4, -0.2) is 40.5 Å². The molecule has 5 rings (SSSR count). The number of nitrogens with zero attached hydrogens (tertiary/aromatic N) is 3. The van der Waals surface area contributed by atoms with Gasteiger partial charge in [-0.2, -0.15) is 0 Å². The molecule has 194 valence electrons. The van der Waals surface area contributed by atoms with Gasteiger partial charge in [-0.3, -0.25) is 19.5 Å². The zero-order valence-corrected chi connectivity index (χ0v) is 22.1. The molecule has 0 spiro atoms. The number of fused-ring (bicyclic) bond motifs is 1. The van der Waals surface area contributed by atoms with Crippen LogP contribution in [0, 0.1) is 5.92 Å². The first kappa shape index (κ1) is 25.4. The maximum Gasteiger partial charge on any atom is 0.301 e. The third-order valence-electron chi connectivity index (χ3n) is 6.33. The number of aromatic nitrogens is 2. The Balaban J connectivity index is 1.64. The van der Waals surface area contributed by atoms with Crippen molar-refractivity contribution in [2.24, 2.45) is 5.92 Å². The number of hydrogen-bond donors (Lipinski definition) is 1. The van der Waals surface area contributed by atoms with E-state index in [4.69, 9.17) is 9.47 Å². The highest BCUT2D eigenvalue weighted by atomic mass is 32.1. The molecule has 2 aromatic heterocycles. The van der Waals surface area contributed by atoms with Crippen molar-refractivity contribution in [2.45, 2.75) is 26.3 Å². The predicted molar refractivity (Wildman–Crippen MR) is 147 cm³/mol. The molecule has 1 aliphatic heterocycles. The highest BCUT2D eigenvalue weighted by molar-refractivity contribution is 7.22. The normalized spacial score (nSPS) is 16.9. The van der Waals surface area contributed by atoms with Gasteiger partial charge in [0.25, 0.3) is 5.78 Å². The third kappa shape index (κ3) is 4.84. The fraction of sp³-hybridized carbons (Fsp3) is 0.241. The first-order valence-corrected chi connectivity index (χ1v) is 13.1. The number of thiazole rings is 1. The standard InChI is InChI=1S/C29H27N3O5S/c1-17(2)11-14-37-21-6-4-5-19(15-21)25-24(26(33)18-9-12-30-13-10-18)27(34)28(35)32(25)29-31-22-8-7-20(36-3)16-23(22)38-29/h4-10,12-13,15-17,25,33H,11,14H2,1-3H3. The van der Waals surface area contributed by atoms with E-state index in [9.17, 15) is 14.7 Å². The summed E-state index contributed by atoms with van der Waals surface area (Å²) in [5, 5.41) is 11.6. The minimum Gasteiger partial charge on any atom is -0.507 e. The molecule has 0 saturated carbocycles. The van der Waals surface area contributed by atoms with Gasteiger partial charge in [-0.15, -0.1) is 0 Å². The van der Waals surface area contributed by atoms with Gasteiger partial charge in [-0.05, 0) is 60.4 Å². The topological polar surface area (TPSA) is 102 Å².